The Hall–Kier alpha value is -2.39. The zero-order valence-electron chi connectivity index (χ0n) is 15.1. The molecule has 0 spiro atoms. The molecule has 0 atom stereocenters. The van der Waals surface area contributed by atoms with Crippen molar-refractivity contribution >= 4 is 38.6 Å². The van der Waals surface area contributed by atoms with E-state index in [1.165, 1.54) is 4.57 Å². The predicted octanol–water partition coefficient (Wildman–Crippen LogP) is 5.80. The summed E-state index contributed by atoms with van der Waals surface area (Å²) >= 11 is 9.68. The number of nitrogens with zero attached hydrogens (tertiary/aromatic N) is 5. The fourth-order valence-corrected chi connectivity index (χ4v) is 3.83. The molecule has 0 bridgehead atoms. The molecular weight excluding hydrogens is 471 g/mol. The number of fused-ring (bicyclic) bond motifs is 1. The van der Waals surface area contributed by atoms with E-state index in [-0.39, 0.29) is 5.82 Å². The molecule has 0 saturated heterocycles. The number of pyridine rings is 1. The van der Waals surface area contributed by atoms with Gasteiger partial charge in [-0.3, -0.25) is 9.67 Å². The second-order valence-electron chi connectivity index (χ2n) is 6.37. The van der Waals surface area contributed by atoms with Crippen LogP contribution in [0.2, 0.25) is 5.02 Å². The summed E-state index contributed by atoms with van der Waals surface area (Å²) in [5, 5.41) is 4.97. The fourth-order valence-electron chi connectivity index (χ4n) is 3.10. The highest BCUT2D eigenvalue weighted by atomic mass is 79.9. The van der Waals surface area contributed by atoms with Crippen LogP contribution in [0.3, 0.4) is 0 Å². The summed E-state index contributed by atoms with van der Waals surface area (Å²) in [7, 11) is 0. The zero-order valence-corrected chi connectivity index (χ0v) is 17.4. The Bertz CT molecular complexity index is 1180. The van der Waals surface area contributed by atoms with Crippen molar-refractivity contribution in [1.29, 1.82) is 0 Å². The lowest BCUT2D eigenvalue weighted by Gasteiger charge is -2.07. The molecule has 0 saturated carbocycles. The normalized spacial score (nSPS) is 12.1. The molecule has 0 aliphatic heterocycles. The molecule has 4 rings (SSSR count). The maximum atomic E-state index is 13.0. The van der Waals surface area contributed by atoms with Gasteiger partial charge >= 0.3 is 6.18 Å². The van der Waals surface area contributed by atoms with E-state index in [2.05, 4.69) is 31.0 Å². The van der Waals surface area contributed by atoms with Crippen LogP contribution in [0.5, 0.6) is 0 Å². The molecule has 0 amide bonds. The van der Waals surface area contributed by atoms with Gasteiger partial charge in [-0.25, -0.2) is 4.98 Å². The molecular formula is C19H14BrClF3N5. The van der Waals surface area contributed by atoms with Gasteiger partial charge in [0.1, 0.15) is 16.9 Å². The standard InChI is InChI=1S/C19H14BrClF3N5/c1-2-28-10-14(19(22,23)24)26-18(28)12-5-3-11(4-6-12)9-29-16-13(21)7-8-25-15(16)17(20)27-29/h3-8,10H,2,9H2,1H3. The van der Waals surface area contributed by atoms with E-state index in [1.54, 1.807) is 36.0 Å². The lowest BCUT2D eigenvalue weighted by atomic mass is 10.1. The molecule has 4 aromatic rings. The van der Waals surface area contributed by atoms with Gasteiger partial charge in [-0.2, -0.15) is 18.3 Å². The van der Waals surface area contributed by atoms with Gasteiger partial charge in [0, 0.05) is 24.5 Å². The number of hydrogen-bond acceptors (Lipinski definition) is 3. The summed E-state index contributed by atoms with van der Waals surface area (Å²) in [5.74, 6) is 0.283. The SMILES string of the molecule is CCn1cc(C(F)(F)F)nc1-c1ccc(Cn2nc(Br)c3nccc(Cl)c32)cc1. The van der Waals surface area contributed by atoms with Gasteiger partial charge < -0.3 is 4.57 Å². The second-order valence-corrected chi connectivity index (χ2v) is 7.53. The van der Waals surface area contributed by atoms with E-state index in [4.69, 9.17) is 11.6 Å². The summed E-state index contributed by atoms with van der Waals surface area (Å²) in [6.45, 7) is 2.60. The topological polar surface area (TPSA) is 48.5 Å². The molecule has 0 aliphatic carbocycles. The average molecular weight is 485 g/mol. The van der Waals surface area contributed by atoms with Gasteiger partial charge in [-0.1, -0.05) is 35.9 Å². The van der Waals surface area contributed by atoms with Crippen molar-refractivity contribution < 1.29 is 13.2 Å². The molecule has 0 aliphatic rings. The van der Waals surface area contributed by atoms with Crippen LogP contribution in [0.1, 0.15) is 18.2 Å². The molecule has 0 N–H and O–H groups in total. The third-order valence-electron chi connectivity index (χ3n) is 4.49. The minimum atomic E-state index is -4.48. The van der Waals surface area contributed by atoms with E-state index in [0.29, 0.717) is 39.3 Å². The van der Waals surface area contributed by atoms with Crippen LogP contribution >= 0.6 is 27.5 Å². The minimum Gasteiger partial charge on any atom is -0.331 e. The summed E-state index contributed by atoms with van der Waals surface area (Å²) in [6.07, 6.45) is -1.83. The largest absolute Gasteiger partial charge is 0.434 e. The first kappa shape index (κ1) is 19.9. The number of alkyl halides is 3. The van der Waals surface area contributed by atoms with Crippen molar-refractivity contribution in [3.63, 3.8) is 0 Å². The van der Waals surface area contributed by atoms with E-state index in [0.717, 1.165) is 11.8 Å². The first-order valence-corrected chi connectivity index (χ1v) is 9.85. The Balaban J connectivity index is 1.66. The number of aryl methyl sites for hydroxylation is 1. The van der Waals surface area contributed by atoms with Crippen molar-refractivity contribution in [2.45, 2.75) is 26.2 Å². The van der Waals surface area contributed by atoms with Crippen LogP contribution in [0, 0.1) is 0 Å². The monoisotopic (exact) mass is 483 g/mol. The third kappa shape index (κ3) is 3.76. The van der Waals surface area contributed by atoms with Crippen LogP contribution in [-0.4, -0.2) is 24.3 Å². The first-order chi connectivity index (χ1) is 13.8. The third-order valence-corrected chi connectivity index (χ3v) is 5.33. The molecule has 0 fully saturated rings. The van der Waals surface area contributed by atoms with Gasteiger partial charge in [0.2, 0.25) is 0 Å². The highest BCUT2D eigenvalue weighted by Gasteiger charge is 2.34. The Morgan fingerprint density at radius 2 is 1.86 bits per heavy atom. The molecule has 3 heterocycles. The number of hydrogen-bond donors (Lipinski definition) is 0. The first-order valence-electron chi connectivity index (χ1n) is 8.68. The smallest absolute Gasteiger partial charge is 0.331 e. The Morgan fingerprint density at radius 3 is 2.52 bits per heavy atom. The van der Waals surface area contributed by atoms with Crippen molar-refractivity contribution in [3.8, 4) is 11.4 Å². The highest BCUT2D eigenvalue weighted by molar-refractivity contribution is 9.10. The van der Waals surface area contributed by atoms with Gasteiger partial charge in [0.15, 0.2) is 10.3 Å². The Morgan fingerprint density at radius 1 is 1.14 bits per heavy atom. The lowest BCUT2D eigenvalue weighted by molar-refractivity contribution is -0.140. The van der Waals surface area contributed by atoms with E-state index in [9.17, 15) is 13.2 Å². The molecule has 0 unspecified atom stereocenters. The van der Waals surface area contributed by atoms with Crippen LogP contribution < -0.4 is 0 Å². The summed E-state index contributed by atoms with van der Waals surface area (Å²) in [6, 6.07) is 8.88. The van der Waals surface area contributed by atoms with Gasteiger partial charge in [-0.15, -0.1) is 0 Å². The van der Waals surface area contributed by atoms with Gasteiger partial charge in [0.25, 0.3) is 0 Å². The Kier molecular flexibility index (Phi) is 5.12. The molecule has 150 valence electrons. The second kappa shape index (κ2) is 7.46. The van der Waals surface area contributed by atoms with Crippen LogP contribution in [0.15, 0.2) is 47.3 Å². The van der Waals surface area contributed by atoms with E-state index < -0.39 is 11.9 Å². The van der Waals surface area contributed by atoms with E-state index >= 15 is 0 Å². The van der Waals surface area contributed by atoms with Crippen LogP contribution in [-0.2, 0) is 19.3 Å². The molecule has 3 aromatic heterocycles. The highest BCUT2D eigenvalue weighted by Crippen LogP contribution is 2.31. The number of rotatable bonds is 4. The maximum absolute atomic E-state index is 13.0. The summed E-state index contributed by atoms with van der Waals surface area (Å²) < 4.78 is 42.8. The van der Waals surface area contributed by atoms with Crippen molar-refractivity contribution in [3.05, 3.63) is 63.6 Å². The zero-order chi connectivity index (χ0) is 20.8. The number of benzene rings is 1. The van der Waals surface area contributed by atoms with Crippen molar-refractivity contribution in [2.24, 2.45) is 0 Å². The van der Waals surface area contributed by atoms with Crippen LogP contribution in [0.25, 0.3) is 22.4 Å². The van der Waals surface area contributed by atoms with E-state index in [1.807, 2.05) is 12.1 Å². The molecule has 0 radical (unpaired) electrons. The van der Waals surface area contributed by atoms with Crippen molar-refractivity contribution in [1.82, 2.24) is 24.3 Å². The summed E-state index contributed by atoms with van der Waals surface area (Å²) in [5.41, 5.74) is 2.00. The lowest BCUT2D eigenvalue weighted by Crippen LogP contribution is -2.05. The number of halogens is 5. The number of imidazole rings is 1. The van der Waals surface area contributed by atoms with Crippen LogP contribution in [0.4, 0.5) is 13.2 Å². The predicted molar refractivity (Wildman–Crippen MR) is 108 cm³/mol. The molecule has 1 aromatic carbocycles. The molecule has 29 heavy (non-hydrogen) atoms. The quantitative estimate of drug-likeness (QED) is 0.368. The van der Waals surface area contributed by atoms with Gasteiger partial charge in [-0.05, 0) is 34.5 Å². The Labute approximate surface area is 177 Å². The molecule has 5 nitrogen and oxygen atoms in total. The maximum Gasteiger partial charge on any atom is 0.434 e. The fraction of sp³-hybridized carbons (Fsp3) is 0.211. The van der Waals surface area contributed by atoms with Gasteiger partial charge in [0.05, 0.1) is 11.6 Å². The number of aromatic nitrogens is 5. The summed E-state index contributed by atoms with van der Waals surface area (Å²) in [4.78, 5) is 8.06. The molecule has 10 heteroatoms. The minimum absolute atomic E-state index is 0.283. The van der Waals surface area contributed by atoms with Crippen molar-refractivity contribution in [2.75, 3.05) is 0 Å². The average Bonchev–Trinajstić information content (AvgIpc) is 3.25.